The summed E-state index contributed by atoms with van der Waals surface area (Å²) in [7, 11) is 0. The molecule has 0 rings (SSSR count). The predicted octanol–water partition coefficient (Wildman–Crippen LogP) is 0.618. The smallest absolute Gasteiger partial charge is 0.609 e. The van der Waals surface area contributed by atoms with Crippen molar-refractivity contribution in [2.24, 2.45) is 0 Å². The Morgan fingerprint density at radius 2 is 1.69 bits per heavy atom. The maximum atomic E-state index is 8.35. The average Bonchev–Trinajstić information content (AvgIpc) is 2.10. The van der Waals surface area contributed by atoms with Crippen molar-refractivity contribution in [2.75, 3.05) is 39.6 Å². The molecule has 81 valence electrons. The van der Waals surface area contributed by atoms with Crippen molar-refractivity contribution in [2.45, 2.75) is 6.42 Å². The van der Waals surface area contributed by atoms with Gasteiger partial charge in [0, 0.05) is 6.61 Å². The number of aliphatic hydroxyl groups excluding tert-OH is 1. The standard InChI is InChI=1S/C7H16NO3S.Os/c9-3-5-11-7-6-10-4-1-2-8-12;/h9,12H,1-7H2;/q-1;+1. The van der Waals surface area contributed by atoms with Gasteiger partial charge >= 0.3 is 19.8 Å². The van der Waals surface area contributed by atoms with E-state index in [-0.39, 0.29) is 26.4 Å². The number of thiol groups is 1. The third-order valence-corrected chi connectivity index (χ3v) is 1.35. The number of hydrogen-bond acceptors (Lipinski definition) is 4. The van der Waals surface area contributed by atoms with Crippen molar-refractivity contribution in [3.05, 3.63) is 4.72 Å². The summed E-state index contributed by atoms with van der Waals surface area (Å²) in [5.41, 5.74) is 0. The molecule has 6 heteroatoms. The second kappa shape index (κ2) is 15.3. The van der Waals surface area contributed by atoms with Crippen molar-refractivity contribution in [3.8, 4) is 0 Å². The summed E-state index contributed by atoms with van der Waals surface area (Å²) in [5, 5.41) is 8.35. The molecule has 0 saturated carbocycles. The Morgan fingerprint density at radius 3 is 2.23 bits per heavy atom. The Labute approximate surface area is 98.0 Å². The van der Waals surface area contributed by atoms with Gasteiger partial charge < -0.3 is 32.1 Å². The van der Waals surface area contributed by atoms with Crippen molar-refractivity contribution in [3.63, 3.8) is 0 Å². The topological polar surface area (TPSA) is 52.8 Å². The molecule has 0 spiro atoms. The van der Waals surface area contributed by atoms with Crippen molar-refractivity contribution >= 4 is 12.8 Å². The van der Waals surface area contributed by atoms with Gasteiger partial charge in [0.2, 0.25) is 0 Å². The molecule has 0 aliphatic rings. The van der Waals surface area contributed by atoms with Gasteiger partial charge in [0.15, 0.2) is 0 Å². The van der Waals surface area contributed by atoms with Gasteiger partial charge in [0.1, 0.15) is 0 Å². The fraction of sp³-hybridized carbons (Fsp3) is 1.00. The van der Waals surface area contributed by atoms with Crippen LogP contribution >= 0.6 is 12.8 Å². The molecule has 0 aromatic rings. The van der Waals surface area contributed by atoms with Crippen molar-refractivity contribution < 1.29 is 34.4 Å². The molecule has 0 aromatic carbocycles. The summed E-state index contributed by atoms with van der Waals surface area (Å²) in [6.45, 7) is 2.98. The van der Waals surface area contributed by atoms with Gasteiger partial charge in [-0.1, -0.05) is 0 Å². The molecule has 0 aromatic heterocycles. The van der Waals surface area contributed by atoms with Crippen molar-refractivity contribution in [1.82, 2.24) is 0 Å². The molecule has 0 fully saturated rings. The zero-order valence-electron chi connectivity index (χ0n) is 7.46. The second-order valence-electron chi connectivity index (χ2n) is 2.17. The van der Waals surface area contributed by atoms with Crippen LogP contribution in [0.3, 0.4) is 0 Å². The maximum absolute atomic E-state index is 8.35. The van der Waals surface area contributed by atoms with Crippen LogP contribution in [0.25, 0.3) is 4.72 Å². The third kappa shape index (κ3) is 15.6. The van der Waals surface area contributed by atoms with Gasteiger partial charge in [0.05, 0.1) is 26.4 Å². The summed E-state index contributed by atoms with van der Waals surface area (Å²) >= 11 is 3.71. The first-order chi connectivity index (χ1) is 5.91. The Bertz CT molecular complexity index is 80.1. The molecule has 0 saturated heterocycles. The number of nitrogens with zero attached hydrogens (tertiary/aromatic N) is 1. The van der Waals surface area contributed by atoms with E-state index >= 15 is 0 Å². The van der Waals surface area contributed by atoms with Gasteiger partial charge in [-0.05, 0) is 6.42 Å². The van der Waals surface area contributed by atoms with E-state index in [0.29, 0.717) is 26.4 Å². The van der Waals surface area contributed by atoms with Gasteiger partial charge in [-0.25, -0.2) is 0 Å². The Morgan fingerprint density at radius 1 is 1.08 bits per heavy atom. The van der Waals surface area contributed by atoms with Crippen LogP contribution in [0.2, 0.25) is 0 Å². The van der Waals surface area contributed by atoms with Gasteiger partial charge in [-0.2, -0.15) is 0 Å². The van der Waals surface area contributed by atoms with Crippen LogP contribution in [0.5, 0.6) is 0 Å². The third-order valence-electron chi connectivity index (χ3n) is 1.15. The van der Waals surface area contributed by atoms with E-state index in [9.17, 15) is 0 Å². The van der Waals surface area contributed by atoms with Crippen LogP contribution in [0.1, 0.15) is 6.42 Å². The molecule has 0 unspecified atom stereocenters. The van der Waals surface area contributed by atoms with E-state index in [2.05, 4.69) is 17.5 Å². The maximum Gasteiger partial charge on any atom is 1.00 e. The van der Waals surface area contributed by atoms with E-state index in [1.54, 1.807) is 0 Å². The van der Waals surface area contributed by atoms with E-state index in [1.807, 2.05) is 0 Å². The molecule has 1 N–H and O–H groups in total. The minimum absolute atomic E-state index is 0. The summed E-state index contributed by atoms with van der Waals surface area (Å²) in [4.78, 5) is 0. The molecule has 0 bridgehead atoms. The van der Waals surface area contributed by atoms with Gasteiger partial charge in [-0.15, -0.1) is 6.54 Å². The minimum atomic E-state index is 0. The SMILES string of the molecule is OCCOCCOCCC[N-]S.[Os+]. The number of hydrogen-bond donors (Lipinski definition) is 2. The Balaban J connectivity index is 0. The van der Waals surface area contributed by atoms with E-state index in [0.717, 1.165) is 13.0 Å². The number of ether oxygens (including phenoxy) is 2. The summed E-state index contributed by atoms with van der Waals surface area (Å²) in [6.07, 6.45) is 0.892. The molecule has 0 aliphatic carbocycles. The van der Waals surface area contributed by atoms with Crippen LogP contribution in [-0.2, 0) is 29.3 Å². The quantitative estimate of drug-likeness (QED) is 0.453. The van der Waals surface area contributed by atoms with Crippen LogP contribution in [-0.4, -0.2) is 44.7 Å². The van der Waals surface area contributed by atoms with Gasteiger partial charge in [-0.3, -0.25) is 0 Å². The molecular formula is C7H16NO3OsS. The molecule has 0 heterocycles. The summed E-state index contributed by atoms with van der Waals surface area (Å²) < 4.78 is 13.8. The largest absolute Gasteiger partial charge is 1.00 e. The second-order valence-corrected chi connectivity index (χ2v) is 2.45. The normalized spacial score (nSPS) is 9.69. The van der Waals surface area contributed by atoms with Crippen LogP contribution < -0.4 is 0 Å². The summed E-state index contributed by atoms with van der Waals surface area (Å²) in [6, 6.07) is 0. The zero-order chi connectivity index (χ0) is 9.07. The molecule has 0 aliphatic heterocycles. The molecule has 13 heavy (non-hydrogen) atoms. The number of aliphatic hydroxyl groups is 1. The first-order valence-electron chi connectivity index (χ1n) is 3.99. The minimum Gasteiger partial charge on any atom is -0.609 e. The fourth-order valence-corrected chi connectivity index (χ4v) is 0.765. The Kier molecular flexibility index (Phi) is 19.1. The monoisotopic (exact) mass is 386 g/mol. The van der Waals surface area contributed by atoms with Crippen LogP contribution in [0, 0.1) is 0 Å². The summed E-state index contributed by atoms with van der Waals surface area (Å²) in [5.74, 6) is 0. The molecular weight excluding hydrogens is 368 g/mol. The Hall–Kier alpha value is 0.826. The van der Waals surface area contributed by atoms with E-state index in [1.165, 1.54) is 0 Å². The average molecular weight is 385 g/mol. The molecule has 0 atom stereocenters. The molecule has 4 nitrogen and oxygen atoms in total. The van der Waals surface area contributed by atoms with E-state index in [4.69, 9.17) is 14.6 Å². The number of rotatable bonds is 9. The van der Waals surface area contributed by atoms with Gasteiger partial charge in [0.25, 0.3) is 0 Å². The van der Waals surface area contributed by atoms with Crippen LogP contribution in [0.4, 0.5) is 0 Å². The first kappa shape index (κ1) is 16.3. The predicted molar refractivity (Wildman–Crippen MR) is 50.6 cm³/mol. The first-order valence-corrected chi connectivity index (χ1v) is 4.39. The zero-order valence-corrected chi connectivity index (χ0v) is 10.9. The molecule has 0 amide bonds. The molecule has 1 radical (unpaired) electrons. The van der Waals surface area contributed by atoms with E-state index < -0.39 is 0 Å². The van der Waals surface area contributed by atoms with Crippen molar-refractivity contribution in [1.29, 1.82) is 0 Å². The van der Waals surface area contributed by atoms with Crippen LogP contribution in [0.15, 0.2) is 0 Å². The fourth-order valence-electron chi connectivity index (χ4n) is 0.624.